The quantitative estimate of drug-likeness (QED) is 0.860. The summed E-state index contributed by atoms with van der Waals surface area (Å²) >= 11 is 0. The minimum absolute atomic E-state index is 0.0580. The monoisotopic (exact) mass is 276 g/mol. The summed E-state index contributed by atoms with van der Waals surface area (Å²) in [5.74, 6) is -1.14. The minimum Gasteiger partial charge on any atom is -0.381 e. The van der Waals surface area contributed by atoms with Crippen LogP contribution >= 0.6 is 0 Å². The molecule has 4 nitrogen and oxygen atoms in total. The van der Waals surface area contributed by atoms with Crippen molar-refractivity contribution in [2.45, 2.75) is 25.4 Å². The van der Waals surface area contributed by atoms with Gasteiger partial charge in [-0.15, -0.1) is 0 Å². The fraction of sp³-hybridized carbons (Fsp3) is 0.500. The molecular weight excluding hydrogens is 256 g/mol. The van der Waals surface area contributed by atoms with Crippen molar-refractivity contribution in [2.75, 3.05) is 19.8 Å². The summed E-state index contributed by atoms with van der Waals surface area (Å²) in [5, 5.41) is 10.5. The second kappa shape index (κ2) is 4.67. The van der Waals surface area contributed by atoms with E-state index in [0.29, 0.717) is 19.8 Å². The van der Waals surface area contributed by atoms with E-state index in [1.54, 1.807) is 19.1 Å². The van der Waals surface area contributed by atoms with Crippen molar-refractivity contribution in [1.29, 1.82) is 0 Å². The first-order chi connectivity index (χ1) is 9.43. The summed E-state index contributed by atoms with van der Waals surface area (Å²) in [6, 6.07) is 9.46. The number of aliphatic hydroxyl groups is 1. The van der Waals surface area contributed by atoms with E-state index in [1.807, 2.05) is 30.3 Å². The molecule has 4 rings (SSSR count). The molecule has 3 aliphatic rings. The van der Waals surface area contributed by atoms with Crippen molar-refractivity contribution in [3.8, 4) is 0 Å². The van der Waals surface area contributed by atoms with Crippen LogP contribution in [-0.2, 0) is 19.8 Å². The largest absolute Gasteiger partial charge is 0.381 e. The third kappa shape index (κ3) is 2.52. The summed E-state index contributed by atoms with van der Waals surface area (Å²) in [7, 11) is 0. The van der Waals surface area contributed by atoms with Crippen LogP contribution in [0.4, 0.5) is 0 Å². The van der Waals surface area contributed by atoms with E-state index >= 15 is 0 Å². The van der Waals surface area contributed by atoms with E-state index in [9.17, 15) is 5.11 Å². The van der Waals surface area contributed by atoms with Crippen molar-refractivity contribution in [3.05, 3.63) is 48.0 Å². The number of benzene rings is 1. The maximum atomic E-state index is 10.5. The fourth-order valence-electron chi connectivity index (χ4n) is 2.35. The lowest BCUT2D eigenvalue weighted by molar-refractivity contribution is -0.441. The van der Waals surface area contributed by atoms with Gasteiger partial charge in [0, 0.05) is 11.5 Å². The van der Waals surface area contributed by atoms with E-state index in [2.05, 4.69) is 6.92 Å². The summed E-state index contributed by atoms with van der Waals surface area (Å²) in [6.07, 6.45) is 3.33. The zero-order valence-electron chi connectivity index (χ0n) is 11.8. The van der Waals surface area contributed by atoms with Crippen molar-refractivity contribution in [3.63, 3.8) is 0 Å². The van der Waals surface area contributed by atoms with Crippen LogP contribution in [-0.4, -0.2) is 30.9 Å². The van der Waals surface area contributed by atoms with E-state index in [4.69, 9.17) is 14.2 Å². The van der Waals surface area contributed by atoms with Crippen molar-refractivity contribution in [2.24, 2.45) is 5.41 Å². The molecule has 1 aromatic rings. The standard InChI is InChI=1S/C16H20O4/c1-14-10-18-16(19-11-14,20-12-14)9-8-15(2,17)13-6-4-3-5-7-13/h3-9,17H,10-12H2,1-2H3/b9-8+. The average molecular weight is 276 g/mol. The van der Waals surface area contributed by atoms with Gasteiger partial charge < -0.3 is 19.3 Å². The SMILES string of the molecule is CC12COC(/C=C/C(C)(O)c3ccccc3)(OC1)OC2. The van der Waals surface area contributed by atoms with Crippen LogP contribution in [0, 0.1) is 5.41 Å². The first-order valence-electron chi connectivity index (χ1n) is 6.83. The minimum atomic E-state index is -1.14. The van der Waals surface area contributed by atoms with Gasteiger partial charge in [0.15, 0.2) is 0 Å². The van der Waals surface area contributed by atoms with Crippen molar-refractivity contribution >= 4 is 0 Å². The second-order valence-corrected chi connectivity index (χ2v) is 6.13. The van der Waals surface area contributed by atoms with Gasteiger partial charge in [0.1, 0.15) is 5.60 Å². The number of rotatable bonds is 3. The van der Waals surface area contributed by atoms with Gasteiger partial charge in [-0.3, -0.25) is 0 Å². The van der Waals surface area contributed by atoms with E-state index in [1.165, 1.54) is 0 Å². The zero-order chi connectivity index (χ0) is 14.3. The molecule has 1 aromatic carbocycles. The Labute approximate surface area is 119 Å². The van der Waals surface area contributed by atoms with Gasteiger partial charge in [0.2, 0.25) is 0 Å². The van der Waals surface area contributed by atoms with Gasteiger partial charge in [-0.05, 0) is 18.6 Å². The topological polar surface area (TPSA) is 47.9 Å². The Balaban J connectivity index is 1.77. The average Bonchev–Trinajstić information content (AvgIpc) is 2.48. The molecule has 3 fully saturated rings. The van der Waals surface area contributed by atoms with Crippen LogP contribution in [0.3, 0.4) is 0 Å². The molecule has 0 spiro atoms. The molecule has 1 N–H and O–H groups in total. The lowest BCUT2D eigenvalue weighted by Gasteiger charge is -2.49. The molecule has 1 atom stereocenters. The number of fused-ring (bicyclic) bond motifs is 3. The number of hydrogen-bond donors (Lipinski definition) is 1. The molecule has 3 heterocycles. The normalized spacial score (nSPS) is 36.1. The highest BCUT2D eigenvalue weighted by Gasteiger charge is 2.49. The highest BCUT2D eigenvalue weighted by molar-refractivity contribution is 5.26. The Morgan fingerprint density at radius 3 is 2.20 bits per heavy atom. The van der Waals surface area contributed by atoms with Gasteiger partial charge in [-0.1, -0.05) is 37.3 Å². The molecule has 3 aliphatic heterocycles. The molecule has 2 bridgehead atoms. The highest BCUT2D eigenvalue weighted by atomic mass is 16.9. The maximum absolute atomic E-state index is 10.5. The second-order valence-electron chi connectivity index (χ2n) is 6.13. The van der Waals surface area contributed by atoms with Crippen molar-refractivity contribution < 1.29 is 19.3 Å². The Morgan fingerprint density at radius 2 is 1.65 bits per heavy atom. The van der Waals surface area contributed by atoms with Gasteiger partial charge in [0.25, 0.3) is 0 Å². The van der Waals surface area contributed by atoms with Crippen LogP contribution in [0.25, 0.3) is 0 Å². The predicted octanol–water partition coefficient (Wildman–Crippen LogP) is 2.19. The molecule has 1 unspecified atom stereocenters. The Bertz CT molecular complexity index is 482. The van der Waals surface area contributed by atoms with Gasteiger partial charge in [-0.25, -0.2) is 0 Å². The first-order valence-corrected chi connectivity index (χ1v) is 6.83. The Hall–Kier alpha value is -1.20. The zero-order valence-corrected chi connectivity index (χ0v) is 11.8. The maximum Gasteiger partial charge on any atom is 0.304 e. The van der Waals surface area contributed by atoms with Gasteiger partial charge in [0.05, 0.1) is 19.8 Å². The molecule has 0 radical (unpaired) electrons. The summed E-state index contributed by atoms with van der Waals surface area (Å²) in [4.78, 5) is 0. The first kappa shape index (κ1) is 13.8. The van der Waals surface area contributed by atoms with Crippen LogP contribution in [0.5, 0.6) is 0 Å². The van der Waals surface area contributed by atoms with Crippen LogP contribution in [0.15, 0.2) is 42.5 Å². The van der Waals surface area contributed by atoms with Crippen molar-refractivity contribution in [1.82, 2.24) is 0 Å². The predicted molar refractivity (Wildman–Crippen MR) is 73.8 cm³/mol. The molecule has 20 heavy (non-hydrogen) atoms. The Kier molecular flexibility index (Phi) is 3.21. The lowest BCUT2D eigenvalue weighted by atomic mass is 9.91. The lowest BCUT2D eigenvalue weighted by Crippen LogP contribution is -2.58. The van der Waals surface area contributed by atoms with Crippen LogP contribution in [0.1, 0.15) is 19.4 Å². The molecule has 108 valence electrons. The molecule has 0 aliphatic carbocycles. The highest BCUT2D eigenvalue weighted by Crippen LogP contribution is 2.39. The third-order valence-corrected chi connectivity index (χ3v) is 3.84. The fourth-order valence-corrected chi connectivity index (χ4v) is 2.35. The number of hydrogen-bond acceptors (Lipinski definition) is 4. The molecule has 0 aromatic heterocycles. The molecule has 4 heteroatoms. The molecule has 3 saturated heterocycles. The van der Waals surface area contributed by atoms with E-state index in [0.717, 1.165) is 5.56 Å². The third-order valence-electron chi connectivity index (χ3n) is 3.84. The number of ether oxygens (including phenoxy) is 3. The summed E-state index contributed by atoms with van der Waals surface area (Å²) < 4.78 is 17.0. The Morgan fingerprint density at radius 1 is 1.10 bits per heavy atom. The summed E-state index contributed by atoms with van der Waals surface area (Å²) in [6.45, 7) is 5.60. The van der Waals surface area contributed by atoms with E-state index < -0.39 is 11.6 Å². The van der Waals surface area contributed by atoms with E-state index in [-0.39, 0.29) is 5.41 Å². The molecular formula is C16H20O4. The van der Waals surface area contributed by atoms with Gasteiger partial charge >= 0.3 is 5.97 Å². The molecule has 0 amide bonds. The van der Waals surface area contributed by atoms with Crippen LogP contribution < -0.4 is 0 Å². The van der Waals surface area contributed by atoms with Crippen LogP contribution in [0.2, 0.25) is 0 Å². The summed E-state index contributed by atoms with van der Waals surface area (Å²) in [5.41, 5.74) is -0.342. The van der Waals surface area contributed by atoms with Gasteiger partial charge in [-0.2, -0.15) is 0 Å². The molecule has 0 saturated carbocycles. The smallest absolute Gasteiger partial charge is 0.304 e.